The fourth-order valence-electron chi connectivity index (χ4n) is 3.86. The van der Waals surface area contributed by atoms with Crippen molar-refractivity contribution in [2.45, 2.75) is 19.9 Å². The predicted octanol–water partition coefficient (Wildman–Crippen LogP) is 5.57. The lowest BCUT2D eigenvalue weighted by molar-refractivity contribution is -0.117. The summed E-state index contributed by atoms with van der Waals surface area (Å²) in [5.74, 6) is -3.97. The second kappa shape index (κ2) is 7.63. The van der Waals surface area contributed by atoms with E-state index in [0.717, 1.165) is 38.6 Å². The van der Waals surface area contributed by atoms with Gasteiger partial charge in [-0.3, -0.25) is 14.5 Å². The van der Waals surface area contributed by atoms with Gasteiger partial charge in [0.05, 0.1) is 15.8 Å². The van der Waals surface area contributed by atoms with Crippen molar-refractivity contribution in [2.75, 3.05) is 4.90 Å². The average Bonchev–Trinajstić information content (AvgIpc) is 3.44. The summed E-state index contributed by atoms with van der Waals surface area (Å²) in [6.07, 6.45) is 0. The van der Waals surface area contributed by atoms with Crippen molar-refractivity contribution in [1.29, 1.82) is 0 Å². The SMILES string of the molecule is Cc1ccc2nc(N3C(=O)C(O)=C(C(=O)c4ccc(C)o4)C3c3ccc(F)cc3F)sc2c1. The minimum absolute atomic E-state index is 0.115. The Bertz CT molecular complexity index is 1490. The number of rotatable bonds is 4. The van der Waals surface area contributed by atoms with Crippen molar-refractivity contribution in [2.24, 2.45) is 0 Å². The van der Waals surface area contributed by atoms with Gasteiger partial charge in [0.2, 0.25) is 5.78 Å². The predicted molar refractivity (Wildman–Crippen MR) is 118 cm³/mol. The van der Waals surface area contributed by atoms with Gasteiger partial charge in [-0.15, -0.1) is 0 Å². The van der Waals surface area contributed by atoms with Gasteiger partial charge in [-0.25, -0.2) is 13.8 Å². The number of hydrogen-bond donors (Lipinski definition) is 1. The highest BCUT2D eigenvalue weighted by atomic mass is 32.1. The van der Waals surface area contributed by atoms with Crippen LogP contribution in [0.3, 0.4) is 0 Å². The van der Waals surface area contributed by atoms with Crippen LogP contribution in [-0.4, -0.2) is 21.8 Å². The van der Waals surface area contributed by atoms with E-state index < -0.39 is 35.1 Å². The first-order chi connectivity index (χ1) is 15.7. The van der Waals surface area contributed by atoms with E-state index in [4.69, 9.17) is 4.42 Å². The Labute approximate surface area is 190 Å². The number of aromatic nitrogens is 1. The molecule has 3 heterocycles. The zero-order chi connectivity index (χ0) is 23.4. The van der Waals surface area contributed by atoms with Crippen LogP contribution in [0.15, 0.2) is 64.3 Å². The van der Waals surface area contributed by atoms with Crippen molar-refractivity contribution < 1.29 is 27.9 Å². The van der Waals surface area contributed by atoms with Crippen LogP contribution in [0.25, 0.3) is 10.2 Å². The third kappa shape index (κ3) is 3.41. The monoisotopic (exact) mass is 466 g/mol. The van der Waals surface area contributed by atoms with Gasteiger partial charge in [0, 0.05) is 11.6 Å². The van der Waals surface area contributed by atoms with Gasteiger partial charge in [-0.2, -0.15) is 0 Å². The third-order valence-electron chi connectivity index (χ3n) is 5.41. The number of halogens is 2. The number of aliphatic hydroxyl groups excluding tert-OH is 1. The molecule has 1 amide bonds. The summed E-state index contributed by atoms with van der Waals surface area (Å²) >= 11 is 1.16. The molecular formula is C24H16F2N2O4S. The molecule has 0 fully saturated rings. The highest BCUT2D eigenvalue weighted by Gasteiger charge is 2.47. The molecule has 5 rings (SSSR count). The standard InChI is InChI=1S/C24H16F2N2O4S/c1-11-3-7-16-18(9-11)33-24(27-16)28-20(14-6-5-13(25)10-15(14)26)19(22(30)23(28)31)21(29)17-8-4-12(2)32-17/h3-10,20,30H,1-2H3. The van der Waals surface area contributed by atoms with Crippen molar-refractivity contribution in [1.82, 2.24) is 4.98 Å². The first-order valence-electron chi connectivity index (χ1n) is 9.94. The summed E-state index contributed by atoms with van der Waals surface area (Å²) in [6.45, 7) is 3.55. The number of nitrogens with zero attached hydrogens (tertiary/aromatic N) is 2. The topological polar surface area (TPSA) is 83.6 Å². The molecule has 33 heavy (non-hydrogen) atoms. The Morgan fingerprint density at radius 3 is 2.61 bits per heavy atom. The molecule has 2 aromatic carbocycles. The maximum absolute atomic E-state index is 14.9. The molecule has 166 valence electrons. The van der Waals surface area contributed by atoms with Crippen LogP contribution in [-0.2, 0) is 4.79 Å². The van der Waals surface area contributed by atoms with Gasteiger partial charge >= 0.3 is 0 Å². The fourth-order valence-corrected chi connectivity index (χ4v) is 4.95. The molecule has 0 saturated carbocycles. The van der Waals surface area contributed by atoms with Gasteiger partial charge in [-0.05, 0) is 49.7 Å². The summed E-state index contributed by atoms with van der Waals surface area (Å²) in [5, 5.41) is 10.9. The van der Waals surface area contributed by atoms with E-state index in [1.165, 1.54) is 6.07 Å². The smallest absolute Gasteiger partial charge is 0.296 e. The number of aryl methyl sites for hydroxylation is 2. The second-order valence-electron chi connectivity index (χ2n) is 7.71. The van der Waals surface area contributed by atoms with E-state index in [-0.39, 0.29) is 22.0 Å². The summed E-state index contributed by atoms with van der Waals surface area (Å²) in [7, 11) is 0. The minimum atomic E-state index is -1.36. The van der Waals surface area contributed by atoms with E-state index in [0.29, 0.717) is 17.3 Å². The summed E-state index contributed by atoms with van der Waals surface area (Å²) in [5.41, 5.74) is 1.07. The maximum atomic E-state index is 14.9. The van der Waals surface area contributed by atoms with Crippen molar-refractivity contribution in [3.63, 3.8) is 0 Å². The molecule has 0 bridgehead atoms. The molecule has 1 atom stereocenters. The lowest BCUT2D eigenvalue weighted by atomic mass is 9.95. The zero-order valence-electron chi connectivity index (χ0n) is 17.4. The molecule has 0 spiro atoms. The number of amides is 1. The van der Waals surface area contributed by atoms with Crippen molar-refractivity contribution in [3.05, 3.63) is 94.1 Å². The van der Waals surface area contributed by atoms with Crippen LogP contribution in [0.4, 0.5) is 13.9 Å². The molecular weight excluding hydrogens is 450 g/mol. The average molecular weight is 466 g/mol. The number of Topliss-reactive ketones (excluding diaryl/α,β-unsaturated/α-hetero) is 1. The molecule has 0 radical (unpaired) electrons. The van der Waals surface area contributed by atoms with Crippen LogP contribution < -0.4 is 4.90 Å². The molecule has 2 aromatic heterocycles. The van der Waals surface area contributed by atoms with Crippen molar-refractivity contribution >= 4 is 38.4 Å². The lowest BCUT2D eigenvalue weighted by Gasteiger charge is -2.24. The Hall–Kier alpha value is -3.85. The number of anilines is 1. The molecule has 1 unspecified atom stereocenters. The van der Waals surface area contributed by atoms with Gasteiger partial charge in [-0.1, -0.05) is 23.5 Å². The number of carbonyl (C=O) groups excluding carboxylic acids is 2. The first-order valence-corrected chi connectivity index (χ1v) is 10.8. The normalized spacial score (nSPS) is 16.3. The van der Waals surface area contributed by atoms with Crippen LogP contribution in [0.2, 0.25) is 0 Å². The number of benzene rings is 2. The number of ketones is 1. The summed E-state index contributed by atoms with van der Waals surface area (Å²) in [4.78, 5) is 32.0. The highest BCUT2D eigenvalue weighted by molar-refractivity contribution is 7.22. The number of aliphatic hydroxyl groups is 1. The quantitative estimate of drug-likeness (QED) is 0.398. The van der Waals surface area contributed by atoms with Gasteiger partial charge < -0.3 is 9.52 Å². The third-order valence-corrected chi connectivity index (χ3v) is 6.43. The maximum Gasteiger partial charge on any atom is 0.296 e. The number of furan rings is 1. The second-order valence-corrected chi connectivity index (χ2v) is 8.72. The largest absolute Gasteiger partial charge is 0.503 e. The zero-order valence-corrected chi connectivity index (χ0v) is 18.2. The molecule has 0 saturated heterocycles. The highest BCUT2D eigenvalue weighted by Crippen LogP contribution is 2.45. The van der Waals surface area contributed by atoms with Crippen molar-refractivity contribution in [3.8, 4) is 0 Å². The van der Waals surface area contributed by atoms with E-state index in [9.17, 15) is 23.5 Å². The Morgan fingerprint density at radius 2 is 1.91 bits per heavy atom. The van der Waals surface area contributed by atoms with Crippen LogP contribution in [0.1, 0.15) is 33.5 Å². The lowest BCUT2D eigenvalue weighted by Crippen LogP contribution is -2.31. The molecule has 4 aromatic rings. The number of fused-ring (bicyclic) bond motifs is 1. The van der Waals surface area contributed by atoms with E-state index in [1.54, 1.807) is 19.1 Å². The van der Waals surface area contributed by atoms with E-state index in [2.05, 4.69) is 4.98 Å². The summed E-state index contributed by atoms with van der Waals surface area (Å²) in [6, 6.07) is 9.96. The molecule has 0 aliphatic carbocycles. The number of hydrogen-bond acceptors (Lipinski definition) is 6. The van der Waals surface area contributed by atoms with Gasteiger partial charge in [0.25, 0.3) is 5.91 Å². The number of thiazole rings is 1. The Morgan fingerprint density at radius 1 is 1.12 bits per heavy atom. The minimum Gasteiger partial charge on any atom is -0.503 e. The van der Waals surface area contributed by atoms with Crippen LogP contribution in [0, 0.1) is 25.5 Å². The Kier molecular flexibility index (Phi) is 4.86. The van der Waals surface area contributed by atoms with E-state index >= 15 is 0 Å². The van der Waals surface area contributed by atoms with E-state index in [1.807, 2.05) is 19.1 Å². The fraction of sp³-hybridized carbons (Fsp3) is 0.125. The Balaban J connectivity index is 1.71. The molecule has 9 heteroatoms. The van der Waals surface area contributed by atoms with Gasteiger partial charge in [0.15, 0.2) is 16.7 Å². The molecule has 1 N–H and O–H groups in total. The first kappa shape index (κ1) is 21.0. The molecule has 6 nitrogen and oxygen atoms in total. The summed E-state index contributed by atoms with van der Waals surface area (Å²) < 4.78 is 34.7. The van der Waals surface area contributed by atoms with Crippen LogP contribution >= 0.6 is 11.3 Å². The van der Waals surface area contributed by atoms with Gasteiger partial charge in [0.1, 0.15) is 23.4 Å². The van der Waals surface area contributed by atoms with Crippen LogP contribution in [0.5, 0.6) is 0 Å². The molecule has 1 aliphatic rings. The number of carbonyl (C=O) groups is 2. The molecule has 1 aliphatic heterocycles.